The third-order valence-electron chi connectivity index (χ3n) is 3.17. The van der Waals surface area contributed by atoms with Gasteiger partial charge in [-0.15, -0.1) is 0 Å². The molecular formula is C11H17N3O. The molecule has 0 unspecified atom stereocenters. The van der Waals surface area contributed by atoms with Crippen LogP contribution < -0.4 is 5.73 Å². The van der Waals surface area contributed by atoms with Crippen LogP contribution >= 0.6 is 0 Å². The minimum atomic E-state index is -0.488. The normalized spacial score (nSPS) is 31.5. The fourth-order valence-electron chi connectivity index (χ4n) is 2.09. The second kappa shape index (κ2) is 3.77. The molecule has 0 spiro atoms. The van der Waals surface area contributed by atoms with Crippen molar-refractivity contribution in [2.75, 3.05) is 5.73 Å². The molecule has 2 rings (SSSR count). The summed E-state index contributed by atoms with van der Waals surface area (Å²) in [5, 5.41) is 9.83. The van der Waals surface area contributed by atoms with Gasteiger partial charge in [-0.1, -0.05) is 0 Å². The number of hydrogen-bond donors (Lipinski definition) is 2. The zero-order chi connectivity index (χ0) is 10.9. The second-order valence-corrected chi connectivity index (χ2v) is 4.64. The summed E-state index contributed by atoms with van der Waals surface area (Å²) in [7, 11) is 0. The number of anilines is 1. The highest BCUT2D eigenvalue weighted by molar-refractivity contribution is 5.24. The predicted octanol–water partition coefficient (Wildman–Crippen LogP) is 1.47. The van der Waals surface area contributed by atoms with Crippen LogP contribution in [0.25, 0.3) is 0 Å². The average Bonchev–Trinajstić information content (AvgIpc) is 2.20. The molecule has 1 saturated carbocycles. The number of aromatic nitrogens is 2. The van der Waals surface area contributed by atoms with E-state index in [0.717, 1.165) is 31.4 Å². The van der Waals surface area contributed by atoms with Gasteiger partial charge in [0.15, 0.2) is 0 Å². The molecule has 82 valence electrons. The van der Waals surface area contributed by atoms with E-state index < -0.39 is 5.60 Å². The minimum absolute atomic E-state index is 0.429. The fraction of sp³-hybridized carbons (Fsp3) is 0.636. The van der Waals surface area contributed by atoms with Gasteiger partial charge in [0, 0.05) is 5.92 Å². The summed E-state index contributed by atoms with van der Waals surface area (Å²) in [5.74, 6) is 0.889. The number of nitrogen functional groups attached to an aromatic ring is 1. The van der Waals surface area contributed by atoms with Gasteiger partial charge in [-0.2, -0.15) is 0 Å². The summed E-state index contributed by atoms with van der Waals surface area (Å²) in [4.78, 5) is 8.32. The lowest BCUT2D eigenvalue weighted by molar-refractivity contribution is 0.0168. The first-order valence-electron chi connectivity index (χ1n) is 5.37. The van der Waals surface area contributed by atoms with Crippen molar-refractivity contribution >= 4 is 5.82 Å². The Morgan fingerprint density at radius 1 is 1.33 bits per heavy atom. The molecule has 0 atom stereocenters. The van der Waals surface area contributed by atoms with Crippen LogP contribution in [0.5, 0.6) is 0 Å². The van der Waals surface area contributed by atoms with Gasteiger partial charge in [-0.25, -0.2) is 4.98 Å². The lowest BCUT2D eigenvalue weighted by Gasteiger charge is -2.32. The molecule has 1 aromatic rings. The Bertz CT molecular complexity index is 324. The molecule has 0 aliphatic heterocycles. The Kier molecular flexibility index (Phi) is 2.61. The first-order valence-corrected chi connectivity index (χ1v) is 5.37. The maximum absolute atomic E-state index is 9.83. The van der Waals surface area contributed by atoms with Gasteiger partial charge in [-0.3, -0.25) is 4.98 Å². The molecule has 0 aromatic carbocycles. The number of hydrogen-bond acceptors (Lipinski definition) is 4. The van der Waals surface area contributed by atoms with Crippen molar-refractivity contribution in [3.05, 3.63) is 18.1 Å². The summed E-state index contributed by atoms with van der Waals surface area (Å²) in [6.45, 7) is 1.90. The van der Waals surface area contributed by atoms with Crippen LogP contribution in [0.2, 0.25) is 0 Å². The molecule has 3 N–H and O–H groups in total. The van der Waals surface area contributed by atoms with Gasteiger partial charge < -0.3 is 10.8 Å². The molecule has 1 aromatic heterocycles. The highest BCUT2D eigenvalue weighted by Crippen LogP contribution is 2.36. The lowest BCUT2D eigenvalue weighted by atomic mass is 9.79. The van der Waals surface area contributed by atoms with Gasteiger partial charge in [0.25, 0.3) is 0 Å². The van der Waals surface area contributed by atoms with E-state index >= 15 is 0 Å². The Labute approximate surface area is 89.6 Å². The third kappa shape index (κ3) is 2.45. The van der Waals surface area contributed by atoms with E-state index in [2.05, 4.69) is 9.97 Å². The molecule has 0 saturated heterocycles. The molecule has 4 heteroatoms. The highest BCUT2D eigenvalue weighted by atomic mass is 16.3. The van der Waals surface area contributed by atoms with Gasteiger partial charge in [0.05, 0.1) is 23.7 Å². The van der Waals surface area contributed by atoms with Crippen molar-refractivity contribution in [2.45, 2.75) is 44.1 Å². The summed E-state index contributed by atoms with van der Waals surface area (Å²) in [6.07, 6.45) is 6.98. The van der Waals surface area contributed by atoms with Crippen molar-refractivity contribution in [3.8, 4) is 0 Å². The third-order valence-corrected chi connectivity index (χ3v) is 3.17. The van der Waals surface area contributed by atoms with Crippen LogP contribution in [0.15, 0.2) is 12.4 Å². The fourth-order valence-corrected chi connectivity index (χ4v) is 2.09. The molecule has 1 aliphatic rings. The van der Waals surface area contributed by atoms with Gasteiger partial charge in [-0.05, 0) is 32.6 Å². The minimum Gasteiger partial charge on any atom is -0.390 e. The first kappa shape index (κ1) is 10.4. The van der Waals surface area contributed by atoms with Crippen LogP contribution in [-0.2, 0) is 0 Å². The molecule has 1 fully saturated rings. The highest BCUT2D eigenvalue weighted by Gasteiger charge is 2.29. The Balaban J connectivity index is 2.04. The molecule has 1 heterocycles. The number of nitrogens with two attached hydrogens (primary N) is 1. The zero-order valence-electron chi connectivity index (χ0n) is 8.98. The maximum atomic E-state index is 9.83. The van der Waals surface area contributed by atoms with Crippen LogP contribution in [-0.4, -0.2) is 20.7 Å². The van der Waals surface area contributed by atoms with E-state index in [9.17, 15) is 5.11 Å². The summed E-state index contributed by atoms with van der Waals surface area (Å²) in [6, 6.07) is 0. The predicted molar refractivity (Wildman–Crippen MR) is 58.3 cm³/mol. The van der Waals surface area contributed by atoms with E-state index in [1.807, 2.05) is 6.92 Å². The summed E-state index contributed by atoms with van der Waals surface area (Å²) < 4.78 is 0. The van der Waals surface area contributed by atoms with Crippen LogP contribution in [0.1, 0.15) is 44.2 Å². The van der Waals surface area contributed by atoms with Crippen LogP contribution in [0.3, 0.4) is 0 Å². The van der Waals surface area contributed by atoms with E-state index in [4.69, 9.17) is 5.73 Å². The molecule has 4 nitrogen and oxygen atoms in total. The van der Waals surface area contributed by atoms with Gasteiger partial charge >= 0.3 is 0 Å². The van der Waals surface area contributed by atoms with E-state index in [1.54, 1.807) is 12.4 Å². The monoisotopic (exact) mass is 207 g/mol. The van der Waals surface area contributed by atoms with Crippen molar-refractivity contribution in [1.82, 2.24) is 9.97 Å². The second-order valence-electron chi connectivity index (χ2n) is 4.64. The smallest absolute Gasteiger partial charge is 0.141 e. The maximum Gasteiger partial charge on any atom is 0.141 e. The Hall–Kier alpha value is -1.16. The standard InChI is InChI=1S/C11H17N3O/c1-11(15)4-2-8(3-5-11)9-6-14-10(12)7-13-9/h6-8,15H,2-5H2,1H3,(H2,12,14). The van der Waals surface area contributed by atoms with E-state index in [-0.39, 0.29) is 0 Å². The van der Waals surface area contributed by atoms with E-state index in [0.29, 0.717) is 11.7 Å². The summed E-state index contributed by atoms with van der Waals surface area (Å²) in [5.41, 5.74) is 6.00. The largest absolute Gasteiger partial charge is 0.390 e. The quantitative estimate of drug-likeness (QED) is 0.731. The topological polar surface area (TPSA) is 72.0 Å². The molecule has 0 bridgehead atoms. The number of rotatable bonds is 1. The van der Waals surface area contributed by atoms with Crippen molar-refractivity contribution in [2.24, 2.45) is 0 Å². The van der Waals surface area contributed by atoms with Gasteiger partial charge in [0.1, 0.15) is 5.82 Å². The number of aliphatic hydroxyl groups is 1. The average molecular weight is 207 g/mol. The zero-order valence-corrected chi connectivity index (χ0v) is 8.98. The lowest BCUT2D eigenvalue weighted by Crippen LogP contribution is -2.29. The van der Waals surface area contributed by atoms with Crippen molar-refractivity contribution in [3.63, 3.8) is 0 Å². The Morgan fingerprint density at radius 3 is 2.53 bits per heavy atom. The molecular weight excluding hydrogens is 190 g/mol. The molecule has 0 radical (unpaired) electrons. The van der Waals surface area contributed by atoms with E-state index in [1.165, 1.54) is 0 Å². The first-order chi connectivity index (χ1) is 7.07. The molecule has 1 aliphatic carbocycles. The summed E-state index contributed by atoms with van der Waals surface area (Å²) >= 11 is 0. The van der Waals surface area contributed by atoms with Crippen LogP contribution in [0.4, 0.5) is 5.82 Å². The molecule has 0 amide bonds. The Morgan fingerprint density at radius 2 is 2.00 bits per heavy atom. The van der Waals surface area contributed by atoms with Crippen LogP contribution in [0, 0.1) is 0 Å². The number of nitrogens with zero attached hydrogens (tertiary/aromatic N) is 2. The van der Waals surface area contributed by atoms with Crippen molar-refractivity contribution < 1.29 is 5.11 Å². The SMILES string of the molecule is CC1(O)CCC(c2cnc(N)cn2)CC1. The van der Waals surface area contributed by atoms with Crippen molar-refractivity contribution in [1.29, 1.82) is 0 Å². The molecule has 15 heavy (non-hydrogen) atoms. The van der Waals surface area contributed by atoms with Gasteiger partial charge in [0.2, 0.25) is 0 Å².